The third kappa shape index (κ3) is 9.66. The summed E-state index contributed by atoms with van der Waals surface area (Å²) in [6, 6.07) is 5.24. The molecule has 0 saturated heterocycles. The Morgan fingerprint density at radius 3 is 2.08 bits per heavy atom. The van der Waals surface area contributed by atoms with Gasteiger partial charge in [-0.2, -0.15) is 0 Å². The van der Waals surface area contributed by atoms with Crippen LogP contribution < -0.4 is 4.74 Å². The number of halogens is 1. The van der Waals surface area contributed by atoms with E-state index in [-0.39, 0.29) is 18.5 Å². The lowest BCUT2D eigenvalue weighted by atomic mass is 10.1. The summed E-state index contributed by atoms with van der Waals surface area (Å²) in [5, 5.41) is 0.583. The predicted molar refractivity (Wildman–Crippen MR) is 101 cm³/mol. The molecule has 5 nitrogen and oxygen atoms in total. The van der Waals surface area contributed by atoms with E-state index in [1.165, 1.54) is 0 Å². The SMILES string of the molecule is CCOC(=O)CCCCCCCCC(=O)OCc1ccc(Cl)cc1OC. The van der Waals surface area contributed by atoms with Gasteiger partial charge in [-0.25, -0.2) is 0 Å². The van der Waals surface area contributed by atoms with Crippen molar-refractivity contribution < 1.29 is 23.8 Å². The molecule has 26 heavy (non-hydrogen) atoms. The quantitative estimate of drug-likeness (QED) is 0.350. The Labute approximate surface area is 161 Å². The second kappa shape index (κ2) is 13.5. The topological polar surface area (TPSA) is 61.8 Å². The molecule has 1 rings (SSSR count). The fourth-order valence-corrected chi connectivity index (χ4v) is 2.71. The third-order valence-electron chi connectivity index (χ3n) is 3.95. The van der Waals surface area contributed by atoms with Crippen LogP contribution in [0.25, 0.3) is 0 Å². The fourth-order valence-electron chi connectivity index (χ4n) is 2.55. The molecule has 0 aliphatic carbocycles. The number of carbonyl (C=O) groups is 2. The summed E-state index contributed by atoms with van der Waals surface area (Å²) in [5.74, 6) is 0.296. The highest BCUT2D eigenvalue weighted by molar-refractivity contribution is 6.30. The van der Waals surface area contributed by atoms with E-state index < -0.39 is 0 Å². The zero-order chi connectivity index (χ0) is 19.2. The van der Waals surface area contributed by atoms with E-state index in [1.807, 2.05) is 6.92 Å². The lowest BCUT2D eigenvalue weighted by molar-refractivity contribution is -0.145. The highest BCUT2D eigenvalue weighted by Crippen LogP contribution is 2.24. The Hall–Kier alpha value is -1.75. The first kappa shape index (κ1) is 22.3. The van der Waals surface area contributed by atoms with Gasteiger partial charge in [-0.15, -0.1) is 0 Å². The maximum Gasteiger partial charge on any atom is 0.306 e. The van der Waals surface area contributed by atoms with Crippen LogP contribution in [-0.2, 0) is 25.7 Å². The van der Waals surface area contributed by atoms with E-state index in [2.05, 4.69) is 0 Å². The van der Waals surface area contributed by atoms with Gasteiger partial charge < -0.3 is 14.2 Å². The zero-order valence-electron chi connectivity index (χ0n) is 15.7. The van der Waals surface area contributed by atoms with Crippen molar-refractivity contribution in [2.75, 3.05) is 13.7 Å². The molecule has 0 aliphatic rings. The summed E-state index contributed by atoms with van der Waals surface area (Å²) >= 11 is 5.91. The fraction of sp³-hybridized carbons (Fsp3) is 0.600. The van der Waals surface area contributed by atoms with Crippen LogP contribution in [0.1, 0.15) is 63.9 Å². The number of rotatable bonds is 13. The van der Waals surface area contributed by atoms with E-state index in [0.717, 1.165) is 44.1 Å². The Bertz CT molecular complexity index is 559. The van der Waals surface area contributed by atoms with Crippen molar-refractivity contribution in [2.45, 2.75) is 64.9 Å². The molecule has 0 saturated carbocycles. The number of hydrogen-bond acceptors (Lipinski definition) is 5. The number of benzene rings is 1. The van der Waals surface area contributed by atoms with Crippen LogP contribution in [0, 0.1) is 0 Å². The van der Waals surface area contributed by atoms with E-state index in [4.69, 9.17) is 25.8 Å². The Morgan fingerprint density at radius 1 is 0.923 bits per heavy atom. The first-order chi connectivity index (χ1) is 12.6. The van der Waals surface area contributed by atoms with Gasteiger partial charge in [0.15, 0.2) is 0 Å². The number of esters is 2. The molecule has 0 N–H and O–H groups in total. The number of carbonyl (C=O) groups excluding carboxylic acids is 2. The molecule has 0 amide bonds. The van der Waals surface area contributed by atoms with Gasteiger partial charge in [0, 0.05) is 23.4 Å². The van der Waals surface area contributed by atoms with Crippen molar-refractivity contribution in [3.05, 3.63) is 28.8 Å². The summed E-state index contributed by atoms with van der Waals surface area (Å²) < 4.78 is 15.4. The van der Waals surface area contributed by atoms with E-state index in [0.29, 0.717) is 30.2 Å². The maximum atomic E-state index is 11.8. The molecule has 6 heteroatoms. The Morgan fingerprint density at radius 2 is 1.50 bits per heavy atom. The molecular weight excluding hydrogens is 356 g/mol. The van der Waals surface area contributed by atoms with Gasteiger partial charge in [0.05, 0.1) is 13.7 Å². The summed E-state index contributed by atoms with van der Waals surface area (Å²) in [6.07, 6.45) is 6.71. The lowest BCUT2D eigenvalue weighted by Gasteiger charge is -2.09. The summed E-state index contributed by atoms with van der Waals surface area (Å²) in [5.41, 5.74) is 0.798. The number of ether oxygens (including phenoxy) is 3. The molecule has 0 atom stereocenters. The average molecular weight is 385 g/mol. The molecule has 0 fully saturated rings. The van der Waals surface area contributed by atoms with Crippen molar-refractivity contribution in [1.29, 1.82) is 0 Å². The molecule has 146 valence electrons. The largest absolute Gasteiger partial charge is 0.496 e. The van der Waals surface area contributed by atoms with Crippen LogP contribution in [0.2, 0.25) is 5.02 Å². The second-order valence-electron chi connectivity index (χ2n) is 6.04. The molecule has 0 heterocycles. The molecule has 1 aromatic carbocycles. The zero-order valence-corrected chi connectivity index (χ0v) is 16.5. The van der Waals surface area contributed by atoms with Gasteiger partial charge in [0.2, 0.25) is 0 Å². The molecule has 0 aromatic heterocycles. The van der Waals surface area contributed by atoms with Crippen molar-refractivity contribution in [3.8, 4) is 5.75 Å². The van der Waals surface area contributed by atoms with Crippen LogP contribution in [0.5, 0.6) is 5.75 Å². The van der Waals surface area contributed by atoms with Crippen molar-refractivity contribution in [3.63, 3.8) is 0 Å². The minimum Gasteiger partial charge on any atom is -0.496 e. The first-order valence-electron chi connectivity index (χ1n) is 9.20. The van der Waals surface area contributed by atoms with Crippen molar-refractivity contribution in [1.82, 2.24) is 0 Å². The molecule has 1 aromatic rings. The molecular formula is C20H29ClO5. The minimum absolute atomic E-state index is 0.118. The summed E-state index contributed by atoms with van der Waals surface area (Å²) in [7, 11) is 1.56. The third-order valence-corrected chi connectivity index (χ3v) is 4.19. The molecule has 0 bridgehead atoms. The predicted octanol–water partition coefficient (Wildman–Crippen LogP) is 5.08. The van der Waals surface area contributed by atoms with Crippen LogP contribution in [0.4, 0.5) is 0 Å². The van der Waals surface area contributed by atoms with Gasteiger partial charge in [-0.1, -0.05) is 43.4 Å². The van der Waals surface area contributed by atoms with Crippen LogP contribution in [0.15, 0.2) is 18.2 Å². The highest BCUT2D eigenvalue weighted by atomic mass is 35.5. The van der Waals surface area contributed by atoms with Crippen LogP contribution in [0.3, 0.4) is 0 Å². The maximum absolute atomic E-state index is 11.8. The van der Waals surface area contributed by atoms with Crippen molar-refractivity contribution >= 4 is 23.5 Å². The first-order valence-corrected chi connectivity index (χ1v) is 9.58. The monoisotopic (exact) mass is 384 g/mol. The van der Waals surface area contributed by atoms with Gasteiger partial charge >= 0.3 is 11.9 Å². The van der Waals surface area contributed by atoms with Crippen LogP contribution >= 0.6 is 11.6 Å². The molecule has 0 radical (unpaired) electrons. The normalized spacial score (nSPS) is 10.4. The smallest absolute Gasteiger partial charge is 0.306 e. The van der Waals surface area contributed by atoms with Crippen molar-refractivity contribution in [2.24, 2.45) is 0 Å². The van der Waals surface area contributed by atoms with Crippen LogP contribution in [-0.4, -0.2) is 25.7 Å². The Balaban J connectivity index is 2.06. The molecule has 0 spiro atoms. The summed E-state index contributed by atoms with van der Waals surface area (Å²) in [4.78, 5) is 23.0. The highest BCUT2D eigenvalue weighted by Gasteiger charge is 2.08. The lowest BCUT2D eigenvalue weighted by Crippen LogP contribution is -2.05. The van der Waals surface area contributed by atoms with E-state index in [9.17, 15) is 9.59 Å². The van der Waals surface area contributed by atoms with Gasteiger partial charge in [0.1, 0.15) is 12.4 Å². The summed E-state index contributed by atoms with van der Waals surface area (Å²) in [6.45, 7) is 2.45. The van der Waals surface area contributed by atoms with Gasteiger partial charge in [-0.3, -0.25) is 9.59 Å². The number of methoxy groups -OCH3 is 1. The van der Waals surface area contributed by atoms with E-state index in [1.54, 1.807) is 25.3 Å². The Kier molecular flexibility index (Phi) is 11.5. The van der Waals surface area contributed by atoms with E-state index >= 15 is 0 Å². The minimum atomic E-state index is -0.204. The van der Waals surface area contributed by atoms with Gasteiger partial charge in [0.25, 0.3) is 0 Å². The number of hydrogen-bond donors (Lipinski definition) is 0. The molecule has 0 aliphatic heterocycles. The van der Waals surface area contributed by atoms with Gasteiger partial charge in [-0.05, 0) is 31.9 Å². The number of unbranched alkanes of at least 4 members (excludes halogenated alkanes) is 5. The molecule has 0 unspecified atom stereocenters. The second-order valence-corrected chi connectivity index (χ2v) is 6.48. The standard InChI is InChI=1S/C20H29ClO5/c1-3-25-19(22)10-8-6-4-5-7-9-11-20(23)26-15-16-12-13-17(21)14-18(16)24-2/h12-14H,3-11,15H2,1-2H3. The average Bonchev–Trinajstić information content (AvgIpc) is 2.62.